The zero-order chi connectivity index (χ0) is 18.0. The van der Waals surface area contributed by atoms with Crippen LogP contribution in [0.2, 0.25) is 0 Å². The van der Waals surface area contributed by atoms with E-state index in [0.717, 1.165) is 44.8 Å². The van der Waals surface area contributed by atoms with Crippen molar-refractivity contribution in [3.63, 3.8) is 0 Å². The third-order valence-electron chi connectivity index (χ3n) is 4.67. The van der Waals surface area contributed by atoms with Gasteiger partial charge < -0.3 is 15.0 Å². The van der Waals surface area contributed by atoms with Crippen LogP contribution in [-0.4, -0.2) is 38.3 Å². The van der Waals surface area contributed by atoms with Crippen molar-refractivity contribution in [2.45, 2.75) is 25.7 Å². The van der Waals surface area contributed by atoms with Crippen molar-refractivity contribution >= 4 is 11.8 Å². The van der Waals surface area contributed by atoms with Crippen LogP contribution in [0.1, 0.15) is 30.4 Å². The maximum Gasteiger partial charge on any atom is 0.120 e. The van der Waals surface area contributed by atoms with E-state index in [1.54, 1.807) is 0 Å². The fraction of sp³-hybridized carbons (Fsp3) is 0.409. The predicted octanol–water partition coefficient (Wildman–Crippen LogP) is 3.93. The number of pyridine rings is 1. The van der Waals surface area contributed by atoms with Gasteiger partial charge in [0.1, 0.15) is 5.75 Å². The Kier molecular flexibility index (Phi) is 7.08. The zero-order valence-electron chi connectivity index (χ0n) is 15.7. The summed E-state index contributed by atoms with van der Waals surface area (Å²) in [4.78, 5) is 6.39. The summed E-state index contributed by atoms with van der Waals surface area (Å²) in [7, 11) is 2.12. The van der Waals surface area contributed by atoms with Gasteiger partial charge in [-0.25, -0.2) is 0 Å². The van der Waals surface area contributed by atoms with Crippen LogP contribution in [0.3, 0.4) is 0 Å². The molecule has 1 aromatic carbocycles. The molecule has 0 fully saturated rings. The highest BCUT2D eigenvalue weighted by Gasteiger charge is 2.09. The second-order valence-corrected chi connectivity index (χ2v) is 6.77. The number of anilines is 1. The molecule has 0 radical (unpaired) electrons. The fourth-order valence-corrected chi connectivity index (χ4v) is 3.16. The van der Waals surface area contributed by atoms with Gasteiger partial charge in [0.2, 0.25) is 0 Å². The molecule has 2 heterocycles. The number of nitrogens with one attached hydrogen (secondary N) is 1. The van der Waals surface area contributed by atoms with Crippen LogP contribution in [0, 0.1) is 0 Å². The Balaban J connectivity index is 1.24. The highest BCUT2D eigenvalue weighted by atomic mass is 16.5. The second-order valence-electron chi connectivity index (χ2n) is 6.77. The Morgan fingerprint density at radius 1 is 1.15 bits per heavy atom. The largest absolute Gasteiger partial charge is 0.494 e. The van der Waals surface area contributed by atoms with Gasteiger partial charge in [-0.3, -0.25) is 4.98 Å². The van der Waals surface area contributed by atoms with Crippen molar-refractivity contribution < 1.29 is 4.74 Å². The highest BCUT2D eigenvalue weighted by Crippen LogP contribution is 2.28. The Morgan fingerprint density at radius 3 is 3.00 bits per heavy atom. The van der Waals surface area contributed by atoms with Crippen LogP contribution in [0.5, 0.6) is 5.75 Å². The predicted molar refractivity (Wildman–Crippen MR) is 109 cm³/mol. The van der Waals surface area contributed by atoms with E-state index >= 15 is 0 Å². The first-order valence-electron chi connectivity index (χ1n) is 9.57. The lowest BCUT2D eigenvalue weighted by Crippen LogP contribution is -2.20. The van der Waals surface area contributed by atoms with Gasteiger partial charge in [-0.2, -0.15) is 0 Å². The Labute approximate surface area is 156 Å². The molecule has 1 N–H and O–H groups in total. The fourth-order valence-electron chi connectivity index (χ4n) is 3.16. The molecule has 2 aromatic rings. The van der Waals surface area contributed by atoms with Crippen LogP contribution in [-0.2, 0) is 6.42 Å². The maximum atomic E-state index is 5.91. The first kappa shape index (κ1) is 18.5. The summed E-state index contributed by atoms with van der Waals surface area (Å²) in [5.74, 6) is 0.971. The molecule has 0 bridgehead atoms. The summed E-state index contributed by atoms with van der Waals surface area (Å²) < 4.78 is 5.91. The Bertz CT molecular complexity index is 700. The van der Waals surface area contributed by atoms with Gasteiger partial charge in [0, 0.05) is 37.2 Å². The maximum absolute atomic E-state index is 5.91. The molecule has 26 heavy (non-hydrogen) atoms. The van der Waals surface area contributed by atoms with E-state index in [2.05, 4.69) is 58.7 Å². The first-order valence-corrected chi connectivity index (χ1v) is 9.57. The monoisotopic (exact) mass is 351 g/mol. The summed E-state index contributed by atoms with van der Waals surface area (Å²) in [5.41, 5.74) is 3.81. The minimum Gasteiger partial charge on any atom is -0.494 e. The number of unbranched alkanes of at least 4 members (excludes halogenated alkanes) is 2. The molecule has 0 atom stereocenters. The molecule has 4 heteroatoms. The topological polar surface area (TPSA) is 37.4 Å². The number of aromatic nitrogens is 1. The summed E-state index contributed by atoms with van der Waals surface area (Å²) in [6, 6.07) is 10.5. The molecule has 1 aromatic heterocycles. The van der Waals surface area contributed by atoms with Crippen molar-refractivity contribution in [3.05, 3.63) is 59.9 Å². The van der Waals surface area contributed by atoms with Gasteiger partial charge >= 0.3 is 0 Å². The van der Waals surface area contributed by atoms with Crippen LogP contribution in [0.25, 0.3) is 6.08 Å². The van der Waals surface area contributed by atoms with Gasteiger partial charge in [0.25, 0.3) is 0 Å². The van der Waals surface area contributed by atoms with Gasteiger partial charge in [0.15, 0.2) is 0 Å². The molecular formula is C22H29N3O. The molecule has 4 nitrogen and oxygen atoms in total. The SMILES string of the molecule is CN1CC=Cc2cc(OCCCCCNCCc3cccnc3)ccc21. The zero-order valence-corrected chi connectivity index (χ0v) is 15.7. The number of benzene rings is 1. The number of rotatable bonds is 10. The number of ether oxygens (including phenoxy) is 1. The molecule has 0 spiro atoms. The van der Waals surface area contributed by atoms with Gasteiger partial charge in [-0.15, -0.1) is 0 Å². The van der Waals surface area contributed by atoms with E-state index < -0.39 is 0 Å². The summed E-state index contributed by atoms with van der Waals surface area (Å²) in [6.07, 6.45) is 12.6. The van der Waals surface area contributed by atoms with E-state index in [9.17, 15) is 0 Å². The molecule has 1 aliphatic rings. The van der Waals surface area contributed by atoms with Crippen LogP contribution >= 0.6 is 0 Å². The summed E-state index contributed by atoms with van der Waals surface area (Å²) >= 11 is 0. The highest BCUT2D eigenvalue weighted by molar-refractivity contribution is 5.72. The Hall–Kier alpha value is -2.33. The second kappa shape index (κ2) is 9.97. The quantitative estimate of drug-likeness (QED) is 0.658. The third kappa shape index (κ3) is 5.60. The van der Waals surface area contributed by atoms with Crippen LogP contribution in [0.15, 0.2) is 48.8 Å². The molecule has 3 rings (SSSR count). The average Bonchev–Trinajstić information content (AvgIpc) is 2.67. The smallest absolute Gasteiger partial charge is 0.120 e. The molecule has 0 saturated heterocycles. The van der Waals surface area contributed by atoms with E-state index in [4.69, 9.17) is 4.74 Å². The van der Waals surface area contributed by atoms with E-state index in [1.807, 2.05) is 18.5 Å². The van der Waals surface area contributed by atoms with E-state index in [0.29, 0.717) is 0 Å². The number of likely N-dealkylation sites (N-methyl/N-ethyl adjacent to an activating group) is 1. The molecule has 0 unspecified atom stereocenters. The van der Waals surface area contributed by atoms with Crippen LogP contribution < -0.4 is 15.0 Å². The number of nitrogens with zero attached hydrogens (tertiary/aromatic N) is 2. The summed E-state index contributed by atoms with van der Waals surface area (Å²) in [5, 5.41) is 3.50. The molecule has 138 valence electrons. The molecule has 0 saturated carbocycles. The normalized spacial score (nSPS) is 12.9. The van der Waals surface area contributed by atoms with E-state index in [1.165, 1.54) is 29.7 Å². The molecule has 1 aliphatic heterocycles. The minimum atomic E-state index is 0.786. The lowest BCUT2D eigenvalue weighted by molar-refractivity contribution is 0.305. The minimum absolute atomic E-state index is 0.786. The molecule has 0 amide bonds. The van der Waals surface area contributed by atoms with Gasteiger partial charge in [0.05, 0.1) is 6.61 Å². The van der Waals surface area contributed by atoms with Crippen molar-refractivity contribution in [1.82, 2.24) is 10.3 Å². The van der Waals surface area contributed by atoms with Crippen molar-refractivity contribution in [1.29, 1.82) is 0 Å². The Morgan fingerprint density at radius 2 is 2.12 bits per heavy atom. The van der Waals surface area contributed by atoms with Crippen molar-refractivity contribution in [3.8, 4) is 5.75 Å². The number of hydrogen-bond donors (Lipinski definition) is 1. The van der Waals surface area contributed by atoms with Crippen LogP contribution in [0.4, 0.5) is 5.69 Å². The lowest BCUT2D eigenvalue weighted by atomic mass is 10.1. The van der Waals surface area contributed by atoms with Crippen molar-refractivity contribution in [2.24, 2.45) is 0 Å². The third-order valence-corrected chi connectivity index (χ3v) is 4.67. The van der Waals surface area contributed by atoms with E-state index in [-0.39, 0.29) is 0 Å². The molecule has 0 aliphatic carbocycles. The summed E-state index contributed by atoms with van der Waals surface area (Å²) in [6.45, 7) is 3.84. The molecular weight excluding hydrogens is 322 g/mol. The van der Waals surface area contributed by atoms with Crippen molar-refractivity contribution in [2.75, 3.05) is 38.2 Å². The van der Waals surface area contributed by atoms with Gasteiger partial charge in [-0.1, -0.05) is 18.2 Å². The number of fused-ring (bicyclic) bond motifs is 1. The first-order chi connectivity index (χ1) is 12.8. The number of hydrogen-bond acceptors (Lipinski definition) is 4. The standard InChI is InChI=1S/C22H29N3O/c1-25-15-6-8-20-17-21(9-10-22(20)25)26-16-4-2-3-12-23-14-11-19-7-5-13-24-18-19/h5-10,13,17-18,23H,2-4,11-12,14-16H2,1H3. The lowest BCUT2D eigenvalue weighted by Gasteiger charge is -2.23. The van der Waals surface area contributed by atoms with Gasteiger partial charge in [-0.05, 0) is 68.6 Å². The average molecular weight is 351 g/mol.